The Morgan fingerprint density at radius 1 is 1.31 bits per heavy atom. The predicted molar refractivity (Wildman–Crippen MR) is 100.0 cm³/mol. The van der Waals surface area contributed by atoms with Gasteiger partial charge >= 0.3 is 5.97 Å². The first-order chi connectivity index (χ1) is 12.7. The van der Waals surface area contributed by atoms with E-state index in [0.29, 0.717) is 12.1 Å². The standard InChI is InChI=1S/C19H15N3O3S/c1-25-12-5-6-13-14(7-11-3-2-4-15(21-11)19(23)24)18(22-16(13)8-12)17-9-26-10-20-17/h2-6,8-10,22H,7H2,1H3,(H,23,24). The van der Waals surface area contributed by atoms with Crippen LogP contribution in [0.3, 0.4) is 0 Å². The molecule has 26 heavy (non-hydrogen) atoms. The van der Waals surface area contributed by atoms with Crippen molar-refractivity contribution in [1.82, 2.24) is 15.0 Å². The van der Waals surface area contributed by atoms with Crippen LogP contribution in [0, 0.1) is 0 Å². The van der Waals surface area contributed by atoms with Crippen LogP contribution < -0.4 is 4.74 Å². The van der Waals surface area contributed by atoms with Crippen molar-refractivity contribution in [2.45, 2.75) is 6.42 Å². The molecule has 7 heteroatoms. The number of aromatic nitrogens is 3. The summed E-state index contributed by atoms with van der Waals surface area (Å²) in [7, 11) is 1.63. The summed E-state index contributed by atoms with van der Waals surface area (Å²) in [5.74, 6) is -0.267. The van der Waals surface area contributed by atoms with Crippen molar-refractivity contribution in [1.29, 1.82) is 0 Å². The van der Waals surface area contributed by atoms with Gasteiger partial charge in [0.2, 0.25) is 0 Å². The van der Waals surface area contributed by atoms with Gasteiger partial charge in [-0.15, -0.1) is 11.3 Å². The highest BCUT2D eigenvalue weighted by Crippen LogP contribution is 2.33. The quantitative estimate of drug-likeness (QED) is 0.558. The SMILES string of the molecule is COc1ccc2c(Cc3cccc(C(=O)O)n3)c(-c3cscn3)[nH]c2c1. The molecule has 0 aliphatic rings. The third-order valence-electron chi connectivity index (χ3n) is 4.19. The van der Waals surface area contributed by atoms with Crippen LogP contribution in [0.5, 0.6) is 5.75 Å². The fourth-order valence-corrected chi connectivity index (χ4v) is 3.52. The molecule has 0 bridgehead atoms. The summed E-state index contributed by atoms with van der Waals surface area (Å²) < 4.78 is 5.31. The molecule has 0 fully saturated rings. The summed E-state index contributed by atoms with van der Waals surface area (Å²) in [6, 6.07) is 10.9. The smallest absolute Gasteiger partial charge is 0.354 e. The second-order valence-electron chi connectivity index (χ2n) is 5.76. The lowest BCUT2D eigenvalue weighted by atomic mass is 10.0. The number of thiazole rings is 1. The van der Waals surface area contributed by atoms with E-state index < -0.39 is 5.97 Å². The van der Waals surface area contributed by atoms with Crippen molar-refractivity contribution in [3.8, 4) is 17.1 Å². The summed E-state index contributed by atoms with van der Waals surface area (Å²) in [6.07, 6.45) is 0.500. The maximum atomic E-state index is 11.2. The number of carboxylic acid groups (broad SMARTS) is 1. The third kappa shape index (κ3) is 2.93. The molecule has 0 aliphatic carbocycles. The Labute approximate surface area is 153 Å². The normalized spacial score (nSPS) is 11.0. The molecule has 6 nitrogen and oxygen atoms in total. The van der Waals surface area contributed by atoms with Gasteiger partial charge in [0, 0.05) is 34.5 Å². The molecule has 3 aromatic heterocycles. The molecule has 130 valence electrons. The number of aromatic carboxylic acids is 1. The minimum absolute atomic E-state index is 0.0409. The number of hydrogen-bond donors (Lipinski definition) is 2. The molecule has 0 amide bonds. The van der Waals surface area contributed by atoms with E-state index >= 15 is 0 Å². The van der Waals surface area contributed by atoms with Crippen LogP contribution in [-0.4, -0.2) is 33.1 Å². The Hall–Kier alpha value is -3.19. The number of aromatic amines is 1. The average molecular weight is 365 g/mol. The summed E-state index contributed by atoms with van der Waals surface area (Å²) in [4.78, 5) is 23.3. The number of nitrogens with one attached hydrogen (secondary N) is 1. The number of carbonyl (C=O) groups is 1. The Bertz CT molecular complexity index is 1090. The first-order valence-electron chi connectivity index (χ1n) is 7.92. The van der Waals surface area contributed by atoms with Crippen LogP contribution >= 0.6 is 11.3 Å². The Morgan fingerprint density at radius 3 is 2.92 bits per heavy atom. The first kappa shape index (κ1) is 16.3. The van der Waals surface area contributed by atoms with E-state index in [9.17, 15) is 9.90 Å². The molecular weight excluding hydrogens is 350 g/mol. The van der Waals surface area contributed by atoms with Crippen molar-refractivity contribution >= 4 is 28.2 Å². The highest BCUT2D eigenvalue weighted by Gasteiger charge is 2.17. The zero-order valence-corrected chi connectivity index (χ0v) is 14.7. The number of fused-ring (bicyclic) bond motifs is 1. The molecule has 0 saturated heterocycles. The molecular formula is C19H15N3O3S. The fourth-order valence-electron chi connectivity index (χ4n) is 2.98. The van der Waals surface area contributed by atoms with Gasteiger partial charge in [-0.25, -0.2) is 14.8 Å². The summed E-state index contributed by atoms with van der Waals surface area (Å²) in [5, 5.41) is 12.2. The van der Waals surface area contributed by atoms with Crippen LogP contribution in [0.4, 0.5) is 0 Å². The lowest BCUT2D eigenvalue weighted by molar-refractivity contribution is 0.0690. The highest BCUT2D eigenvalue weighted by atomic mass is 32.1. The van der Waals surface area contributed by atoms with Crippen molar-refractivity contribution in [2.24, 2.45) is 0 Å². The van der Waals surface area contributed by atoms with Crippen molar-refractivity contribution in [2.75, 3.05) is 7.11 Å². The molecule has 0 aliphatic heterocycles. The molecule has 3 heterocycles. The van der Waals surface area contributed by atoms with Crippen LogP contribution in [0.2, 0.25) is 0 Å². The summed E-state index contributed by atoms with van der Waals surface area (Å²) in [5.41, 5.74) is 6.26. The second kappa shape index (κ2) is 6.61. The van der Waals surface area contributed by atoms with Gasteiger partial charge in [0.05, 0.1) is 24.0 Å². The Morgan fingerprint density at radius 2 is 2.19 bits per heavy atom. The van der Waals surface area contributed by atoms with E-state index in [-0.39, 0.29) is 5.69 Å². The van der Waals surface area contributed by atoms with Crippen molar-refractivity contribution < 1.29 is 14.6 Å². The van der Waals surface area contributed by atoms with Gasteiger partial charge in [-0.05, 0) is 29.8 Å². The molecule has 0 unspecified atom stereocenters. The Kier molecular flexibility index (Phi) is 4.14. The molecule has 4 rings (SSSR count). The molecule has 1 aromatic carbocycles. The number of nitrogens with zero attached hydrogens (tertiary/aromatic N) is 2. The number of H-pyrrole nitrogens is 1. The average Bonchev–Trinajstić information content (AvgIpc) is 3.29. The van der Waals surface area contributed by atoms with Crippen molar-refractivity contribution in [3.63, 3.8) is 0 Å². The van der Waals surface area contributed by atoms with E-state index in [4.69, 9.17) is 4.74 Å². The van der Waals surface area contributed by atoms with Crippen LogP contribution in [-0.2, 0) is 6.42 Å². The van der Waals surface area contributed by atoms with Gasteiger partial charge in [-0.1, -0.05) is 6.07 Å². The number of carboxylic acids is 1. The number of hydrogen-bond acceptors (Lipinski definition) is 5. The molecule has 0 spiro atoms. The van der Waals surface area contributed by atoms with E-state index in [1.807, 2.05) is 29.6 Å². The van der Waals surface area contributed by atoms with Crippen LogP contribution in [0.1, 0.15) is 21.7 Å². The van der Waals surface area contributed by atoms with Gasteiger partial charge in [0.25, 0.3) is 0 Å². The lowest BCUT2D eigenvalue weighted by Crippen LogP contribution is -2.03. The van der Waals surface area contributed by atoms with Crippen LogP contribution in [0.25, 0.3) is 22.3 Å². The molecule has 2 N–H and O–H groups in total. The van der Waals surface area contributed by atoms with Gasteiger partial charge in [0.15, 0.2) is 0 Å². The number of methoxy groups -OCH3 is 1. The maximum absolute atomic E-state index is 11.2. The van der Waals surface area contributed by atoms with Gasteiger partial charge in [0.1, 0.15) is 11.4 Å². The molecule has 0 radical (unpaired) electrons. The molecule has 4 aromatic rings. The maximum Gasteiger partial charge on any atom is 0.354 e. The number of rotatable bonds is 5. The minimum atomic E-state index is -1.03. The zero-order chi connectivity index (χ0) is 18.1. The first-order valence-corrected chi connectivity index (χ1v) is 8.86. The van der Waals surface area contributed by atoms with Gasteiger partial charge < -0.3 is 14.8 Å². The zero-order valence-electron chi connectivity index (χ0n) is 13.9. The third-order valence-corrected chi connectivity index (χ3v) is 4.77. The number of benzene rings is 1. The van der Waals surface area contributed by atoms with E-state index in [2.05, 4.69) is 15.0 Å². The lowest BCUT2D eigenvalue weighted by Gasteiger charge is -2.05. The summed E-state index contributed by atoms with van der Waals surface area (Å²) in [6.45, 7) is 0. The monoisotopic (exact) mass is 365 g/mol. The van der Waals surface area contributed by atoms with E-state index in [0.717, 1.165) is 33.6 Å². The summed E-state index contributed by atoms with van der Waals surface area (Å²) >= 11 is 1.52. The van der Waals surface area contributed by atoms with E-state index in [1.54, 1.807) is 18.7 Å². The van der Waals surface area contributed by atoms with Crippen molar-refractivity contribution in [3.05, 3.63) is 64.2 Å². The number of ether oxygens (including phenoxy) is 1. The second-order valence-corrected chi connectivity index (χ2v) is 6.48. The fraction of sp³-hybridized carbons (Fsp3) is 0.105. The van der Waals surface area contributed by atoms with E-state index in [1.165, 1.54) is 17.4 Å². The van der Waals surface area contributed by atoms with Gasteiger partial charge in [-0.2, -0.15) is 0 Å². The topological polar surface area (TPSA) is 88.1 Å². The number of pyridine rings is 1. The van der Waals surface area contributed by atoms with Gasteiger partial charge in [-0.3, -0.25) is 0 Å². The predicted octanol–water partition coefficient (Wildman–Crippen LogP) is 3.98. The molecule has 0 saturated carbocycles. The highest BCUT2D eigenvalue weighted by molar-refractivity contribution is 7.07. The molecule has 0 atom stereocenters. The van der Waals surface area contributed by atoms with Crippen LogP contribution in [0.15, 0.2) is 47.3 Å². The minimum Gasteiger partial charge on any atom is -0.497 e. The Balaban J connectivity index is 1.86. The largest absolute Gasteiger partial charge is 0.497 e.